The molecule has 3 fully saturated rings. The van der Waals surface area contributed by atoms with Crippen molar-refractivity contribution in [3.63, 3.8) is 0 Å². The SMILES string of the molecule is CCC(=O)C1(O)CCC2C3CCC4=CC(=O)C=CC4(C)C3C(O)CC21C. The summed E-state index contributed by atoms with van der Waals surface area (Å²) in [4.78, 5) is 24.4. The highest BCUT2D eigenvalue weighted by molar-refractivity contribution is 6.01. The Morgan fingerprint density at radius 1 is 1.31 bits per heavy atom. The summed E-state index contributed by atoms with van der Waals surface area (Å²) in [5.74, 6) is 0.501. The number of aliphatic hydroxyl groups excluding tert-OH is 1. The molecule has 7 atom stereocenters. The van der Waals surface area contributed by atoms with E-state index in [9.17, 15) is 19.8 Å². The Bertz CT molecular complexity index is 722. The summed E-state index contributed by atoms with van der Waals surface area (Å²) in [6.45, 7) is 5.97. The number of allylic oxidation sites excluding steroid dienone is 4. The summed E-state index contributed by atoms with van der Waals surface area (Å²) < 4.78 is 0. The fourth-order valence-electron chi connectivity index (χ4n) is 7.08. The van der Waals surface area contributed by atoms with Crippen LogP contribution in [0.15, 0.2) is 23.8 Å². The van der Waals surface area contributed by atoms with Crippen molar-refractivity contribution in [3.05, 3.63) is 23.8 Å². The van der Waals surface area contributed by atoms with Gasteiger partial charge < -0.3 is 10.2 Å². The molecule has 0 heterocycles. The standard InChI is InChI=1S/C22H30O4/c1-4-18(25)22(26)10-8-16-15-6-5-13-11-14(23)7-9-20(13,2)19(15)17(24)12-21(16,22)3/h7,9,11,15-17,19,24,26H,4-6,8,10,12H2,1-3H3. The van der Waals surface area contributed by atoms with Gasteiger partial charge in [-0.05, 0) is 56.1 Å². The van der Waals surface area contributed by atoms with Crippen molar-refractivity contribution in [1.29, 1.82) is 0 Å². The van der Waals surface area contributed by atoms with Gasteiger partial charge >= 0.3 is 0 Å². The van der Waals surface area contributed by atoms with E-state index in [0.717, 1.165) is 24.8 Å². The van der Waals surface area contributed by atoms with Gasteiger partial charge in [0, 0.05) is 23.2 Å². The van der Waals surface area contributed by atoms with E-state index in [4.69, 9.17) is 0 Å². The lowest BCUT2D eigenvalue weighted by atomic mass is 9.46. The molecule has 4 aliphatic carbocycles. The average Bonchev–Trinajstić information content (AvgIpc) is 2.86. The van der Waals surface area contributed by atoms with Crippen molar-refractivity contribution in [2.75, 3.05) is 0 Å². The normalized spacial score (nSPS) is 49.9. The zero-order chi connectivity index (χ0) is 18.9. The van der Waals surface area contributed by atoms with E-state index >= 15 is 0 Å². The van der Waals surface area contributed by atoms with E-state index in [1.165, 1.54) is 0 Å². The van der Waals surface area contributed by atoms with Crippen molar-refractivity contribution in [1.82, 2.24) is 0 Å². The van der Waals surface area contributed by atoms with Crippen LogP contribution in [0.2, 0.25) is 0 Å². The third-order valence-electron chi connectivity index (χ3n) is 8.43. The van der Waals surface area contributed by atoms with Gasteiger partial charge in [0.1, 0.15) is 5.60 Å². The Kier molecular flexibility index (Phi) is 3.92. The van der Waals surface area contributed by atoms with E-state index in [0.29, 0.717) is 19.3 Å². The first-order valence-electron chi connectivity index (χ1n) is 10.1. The van der Waals surface area contributed by atoms with Crippen molar-refractivity contribution >= 4 is 11.6 Å². The third-order valence-corrected chi connectivity index (χ3v) is 8.43. The molecule has 0 radical (unpaired) electrons. The second-order valence-electron chi connectivity index (χ2n) is 9.39. The summed E-state index contributed by atoms with van der Waals surface area (Å²) >= 11 is 0. The van der Waals surface area contributed by atoms with Gasteiger partial charge in [0.05, 0.1) is 6.10 Å². The Labute approximate surface area is 155 Å². The molecule has 0 spiro atoms. The maximum absolute atomic E-state index is 12.6. The number of rotatable bonds is 2. The predicted molar refractivity (Wildman–Crippen MR) is 98.3 cm³/mol. The lowest BCUT2D eigenvalue weighted by Crippen LogP contribution is -2.61. The van der Waals surface area contributed by atoms with E-state index < -0.39 is 17.1 Å². The number of aliphatic hydroxyl groups is 2. The average molecular weight is 358 g/mol. The van der Waals surface area contributed by atoms with E-state index in [1.807, 2.05) is 19.9 Å². The molecule has 4 nitrogen and oxygen atoms in total. The van der Waals surface area contributed by atoms with Crippen LogP contribution >= 0.6 is 0 Å². The fourth-order valence-corrected chi connectivity index (χ4v) is 7.08. The number of hydrogen-bond acceptors (Lipinski definition) is 4. The van der Waals surface area contributed by atoms with Crippen LogP contribution in [0.4, 0.5) is 0 Å². The van der Waals surface area contributed by atoms with Crippen LogP contribution in [0, 0.1) is 28.6 Å². The van der Waals surface area contributed by atoms with Crippen molar-refractivity contribution < 1.29 is 19.8 Å². The summed E-state index contributed by atoms with van der Waals surface area (Å²) in [6, 6.07) is 0. The molecule has 0 aliphatic heterocycles. The first kappa shape index (κ1) is 18.1. The highest BCUT2D eigenvalue weighted by atomic mass is 16.3. The van der Waals surface area contributed by atoms with Crippen LogP contribution in [0.25, 0.3) is 0 Å². The number of ketones is 2. The topological polar surface area (TPSA) is 74.6 Å². The number of Topliss-reactive ketones (excluding diaryl/α,β-unsaturated/α-hetero) is 1. The van der Waals surface area contributed by atoms with Crippen molar-refractivity contribution in [2.24, 2.45) is 28.6 Å². The van der Waals surface area contributed by atoms with E-state index in [1.54, 1.807) is 12.2 Å². The molecule has 4 aliphatic rings. The summed E-state index contributed by atoms with van der Waals surface area (Å²) in [6.07, 6.45) is 8.70. The van der Waals surface area contributed by atoms with Gasteiger partial charge in [0.25, 0.3) is 0 Å². The van der Waals surface area contributed by atoms with Gasteiger partial charge in [-0.1, -0.05) is 32.4 Å². The molecule has 7 unspecified atom stereocenters. The van der Waals surface area contributed by atoms with Gasteiger partial charge in [-0.2, -0.15) is 0 Å². The van der Waals surface area contributed by atoms with Crippen LogP contribution in [-0.4, -0.2) is 33.5 Å². The highest BCUT2D eigenvalue weighted by Crippen LogP contribution is 2.67. The molecule has 0 aromatic carbocycles. The summed E-state index contributed by atoms with van der Waals surface area (Å²) in [5.41, 5.74) is -1.04. The number of carbonyl (C=O) groups is 2. The monoisotopic (exact) mass is 358 g/mol. The lowest BCUT2D eigenvalue weighted by Gasteiger charge is -2.59. The van der Waals surface area contributed by atoms with Gasteiger partial charge in [-0.25, -0.2) is 0 Å². The second-order valence-corrected chi connectivity index (χ2v) is 9.39. The number of hydrogen-bond donors (Lipinski definition) is 2. The first-order valence-corrected chi connectivity index (χ1v) is 10.1. The van der Waals surface area contributed by atoms with Crippen molar-refractivity contribution in [3.8, 4) is 0 Å². The molecule has 0 amide bonds. The smallest absolute Gasteiger partial charge is 0.178 e. The maximum atomic E-state index is 12.6. The van der Waals surface area contributed by atoms with Crippen LogP contribution in [0.1, 0.15) is 59.3 Å². The minimum atomic E-state index is -1.31. The molecule has 26 heavy (non-hydrogen) atoms. The molecule has 0 saturated heterocycles. The molecule has 3 saturated carbocycles. The summed E-state index contributed by atoms with van der Waals surface area (Å²) in [5, 5.41) is 22.5. The Morgan fingerprint density at radius 2 is 2.04 bits per heavy atom. The minimum absolute atomic E-state index is 0.0369. The Hall–Kier alpha value is -1.26. The van der Waals surface area contributed by atoms with Crippen LogP contribution < -0.4 is 0 Å². The van der Waals surface area contributed by atoms with Gasteiger partial charge in [0.2, 0.25) is 0 Å². The van der Waals surface area contributed by atoms with Crippen molar-refractivity contribution in [2.45, 2.75) is 71.0 Å². The number of carbonyl (C=O) groups excluding carboxylic acids is 2. The maximum Gasteiger partial charge on any atom is 0.178 e. The first-order chi connectivity index (χ1) is 12.2. The quantitative estimate of drug-likeness (QED) is 0.796. The predicted octanol–water partition coefficient (Wildman–Crippen LogP) is 2.98. The Balaban J connectivity index is 1.75. The van der Waals surface area contributed by atoms with Crippen LogP contribution in [-0.2, 0) is 9.59 Å². The zero-order valence-corrected chi connectivity index (χ0v) is 16.0. The highest BCUT2D eigenvalue weighted by Gasteiger charge is 2.67. The summed E-state index contributed by atoms with van der Waals surface area (Å²) in [7, 11) is 0. The second kappa shape index (κ2) is 5.62. The van der Waals surface area contributed by atoms with Crippen LogP contribution in [0.3, 0.4) is 0 Å². The number of fused-ring (bicyclic) bond motifs is 5. The molecule has 4 heteroatoms. The molecule has 0 aromatic heterocycles. The largest absolute Gasteiger partial charge is 0.393 e. The Morgan fingerprint density at radius 3 is 2.73 bits per heavy atom. The molecule has 0 aromatic rings. The van der Waals surface area contributed by atoms with Crippen LogP contribution in [0.5, 0.6) is 0 Å². The molecule has 0 bridgehead atoms. The fraction of sp³-hybridized carbons (Fsp3) is 0.727. The van der Waals surface area contributed by atoms with E-state index in [2.05, 4.69) is 6.92 Å². The van der Waals surface area contributed by atoms with E-state index in [-0.39, 0.29) is 34.7 Å². The molecular weight excluding hydrogens is 328 g/mol. The van der Waals surface area contributed by atoms with Gasteiger partial charge in [-0.3, -0.25) is 9.59 Å². The molecule has 2 N–H and O–H groups in total. The molecule has 142 valence electrons. The van der Waals surface area contributed by atoms with Gasteiger partial charge in [-0.15, -0.1) is 0 Å². The lowest BCUT2D eigenvalue weighted by molar-refractivity contribution is -0.176. The van der Waals surface area contributed by atoms with Gasteiger partial charge in [0.15, 0.2) is 11.6 Å². The minimum Gasteiger partial charge on any atom is -0.393 e. The molecular formula is C22H30O4. The third kappa shape index (κ3) is 2.09. The molecule has 4 rings (SSSR count). The zero-order valence-electron chi connectivity index (χ0n) is 16.0.